The zero-order chi connectivity index (χ0) is 11.0. The highest BCUT2D eigenvalue weighted by atomic mass is 16.6. The molecule has 0 spiro atoms. The summed E-state index contributed by atoms with van der Waals surface area (Å²) in [5, 5.41) is 2.33. The van der Waals surface area contributed by atoms with Crippen molar-refractivity contribution >= 4 is 12.0 Å². The van der Waals surface area contributed by atoms with Crippen LogP contribution in [0.3, 0.4) is 0 Å². The van der Waals surface area contributed by atoms with Crippen LogP contribution < -0.4 is 10.8 Å². The molecule has 1 unspecified atom stereocenters. The van der Waals surface area contributed by atoms with Gasteiger partial charge in [-0.15, -0.1) is 6.58 Å². The SMILES string of the molecule is C=CCC(NC(=O)OC)C(=O)NOC. The van der Waals surface area contributed by atoms with Crippen LogP contribution in [0.2, 0.25) is 0 Å². The van der Waals surface area contributed by atoms with Crippen molar-refractivity contribution in [1.82, 2.24) is 10.8 Å². The van der Waals surface area contributed by atoms with Crippen molar-refractivity contribution in [2.24, 2.45) is 0 Å². The lowest BCUT2D eigenvalue weighted by molar-refractivity contribution is -0.133. The first-order valence-corrected chi connectivity index (χ1v) is 3.94. The van der Waals surface area contributed by atoms with Crippen LogP contribution in [0.25, 0.3) is 0 Å². The molecule has 2 N–H and O–H groups in total. The number of methoxy groups -OCH3 is 1. The predicted octanol–water partition coefficient (Wildman–Crippen LogP) is -0.0353. The molecule has 14 heavy (non-hydrogen) atoms. The maximum Gasteiger partial charge on any atom is 0.407 e. The highest BCUT2D eigenvalue weighted by Crippen LogP contribution is 1.94. The average Bonchev–Trinajstić information content (AvgIpc) is 2.17. The predicted molar refractivity (Wildman–Crippen MR) is 49.3 cm³/mol. The van der Waals surface area contributed by atoms with Crippen molar-refractivity contribution in [3.05, 3.63) is 12.7 Å². The largest absolute Gasteiger partial charge is 0.453 e. The number of rotatable bonds is 5. The summed E-state index contributed by atoms with van der Waals surface area (Å²) >= 11 is 0. The Morgan fingerprint density at radius 1 is 1.50 bits per heavy atom. The van der Waals surface area contributed by atoms with Crippen molar-refractivity contribution < 1.29 is 19.2 Å². The zero-order valence-corrected chi connectivity index (χ0v) is 8.20. The van der Waals surface area contributed by atoms with Gasteiger partial charge in [-0.1, -0.05) is 6.08 Å². The first kappa shape index (κ1) is 12.4. The van der Waals surface area contributed by atoms with Gasteiger partial charge in [-0.3, -0.25) is 9.63 Å². The van der Waals surface area contributed by atoms with E-state index in [1.807, 2.05) is 0 Å². The molecular formula is C8H14N2O4. The van der Waals surface area contributed by atoms with Gasteiger partial charge in [-0.2, -0.15) is 0 Å². The van der Waals surface area contributed by atoms with Gasteiger partial charge in [-0.25, -0.2) is 10.3 Å². The van der Waals surface area contributed by atoms with E-state index in [1.165, 1.54) is 20.3 Å². The summed E-state index contributed by atoms with van der Waals surface area (Å²) in [6, 6.07) is -0.736. The third-order valence-corrected chi connectivity index (χ3v) is 1.40. The molecule has 0 aromatic rings. The third-order valence-electron chi connectivity index (χ3n) is 1.40. The molecule has 6 heteroatoms. The van der Waals surface area contributed by atoms with Crippen molar-refractivity contribution in [2.45, 2.75) is 12.5 Å². The number of hydrogen-bond acceptors (Lipinski definition) is 4. The minimum atomic E-state index is -0.736. The second-order valence-electron chi connectivity index (χ2n) is 2.38. The number of hydroxylamine groups is 1. The standard InChI is InChI=1S/C8H14N2O4/c1-4-5-6(7(11)10-14-3)9-8(12)13-2/h4,6H,1,5H2,2-3H3,(H,9,12)(H,10,11). The van der Waals surface area contributed by atoms with E-state index in [0.29, 0.717) is 6.42 Å². The van der Waals surface area contributed by atoms with Gasteiger partial charge in [0.2, 0.25) is 0 Å². The number of hydrogen-bond donors (Lipinski definition) is 2. The Kier molecular flexibility index (Phi) is 6.13. The van der Waals surface area contributed by atoms with E-state index in [0.717, 1.165) is 0 Å². The van der Waals surface area contributed by atoms with E-state index in [9.17, 15) is 9.59 Å². The molecule has 0 heterocycles. The minimum Gasteiger partial charge on any atom is -0.453 e. The van der Waals surface area contributed by atoms with Crippen molar-refractivity contribution in [2.75, 3.05) is 14.2 Å². The second kappa shape index (κ2) is 6.90. The van der Waals surface area contributed by atoms with Crippen LogP contribution in [-0.2, 0) is 14.4 Å². The molecule has 0 aliphatic heterocycles. The topological polar surface area (TPSA) is 76.7 Å². The number of carbonyl (C=O) groups is 2. The molecule has 2 amide bonds. The number of carbonyl (C=O) groups excluding carboxylic acids is 2. The van der Waals surface area contributed by atoms with Gasteiger partial charge in [0.25, 0.3) is 5.91 Å². The number of ether oxygens (including phenoxy) is 1. The molecule has 1 atom stereocenters. The molecule has 0 saturated carbocycles. The van der Waals surface area contributed by atoms with Gasteiger partial charge in [-0.05, 0) is 6.42 Å². The highest BCUT2D eigenvalue weighted by molar-refractivity contribution is 5.84. The molecule has 0 aliphatic rings. The number of alkyl carbamates (subject to hydrolysis) is 1. The van der Waals surface area contributed by atoms with Crippen LogP contribution in [0.4, 0.5) is 4.79 Å². The Labute approximate surface area is 82.2 Å². The van der Waals surface area contributed by atoms with Crippen molar-refractivity contribution in [3.63, 3.8) is 0 Å². The van der Waals surface area contributed by atoms with E-state index >= 15 is 0 Å². The normalized spacial score (nSPS) is 11.3. The maximum atomic E-state index is 11.2. The van der Waals surface area contributed by atoms with Crippen molar-refractivity contribution in [3.8, 4) is 0 Å². The Balaban J connectivity index is 4.19. The Hall–Kier alpha value is -1.56. The summed E-state index contributed by atoms with van der Waals surface area (Å²) in [5.74, 6) is -0.460. The third kappa shape index (κ3) is 4.46. The molecular weight excluding hydrogens is 188 g/mol. The monoisotopic (exact) mass is 202 g/mol. The summed E-state index contributed by atoms with van der Waals surface area (Å²) in [7, 11) is 2.52. The van der Waals surface area contributed by atoms with Gasteiger partial charge in [0.1, 0.15) is 6.04 Å². The average molecular weight is 202 g/mol. The molecule has 0 aromatic carbocycles. The number of nitrogens with one attached hydrogen (secondary N) is 2. The lowest BCUT2D eigenvalue weighted by atomic mass is 10.2. The van der Waals surface area contributed by atoms with E-state index in [2.05, 4.69) is 27.0 Å². The molecule has 0 bridgehead atoms. The lowest BCUT2D eigenvalue weighted by Gasteiger charge is -2.14. The molecule has 0 aliphatic carbocycles. The molecule has 80 valence electrons. The zero-order valence-electron chi connectivity index (χ0n) is 8.20. The van der Waals surface area contributed by atoms with Crippen LogP contribution in [0.5, 0.6) is 0 Å². The van der Waals surface area contributed by atoms with Crippen molar-refractivity contribution in [1.29, 1.82) is 0 Å². The van der Waals surface area contributed by atoms with Gasteiger partial charge in [0, 0.05) is 0 Å². The van der Waals surface area contributed by atoms with Crippen LogP contribution in [-0.4, -0.2) is 32.3 Å². The van der Waals surface area contributed by atoms with Gasteiger partial charge < -0.3 is 10.1 Å². The van der Waals surface area contributed by atoms with E-state index in [4.69, 9.17) is 0 Å². The Morgan fingerprint density at radius 2 is 2.14 bits per heavy atom. The molecule has 0 rings (SSSR count). The number of amides is 2. The smallest absolute Gasteiger partial charge is 0.407 e. The molecule has 0 aromatic heterocycles. The summed E-state index contributed by atoms with van der Waals surface area (Å²) in [6.07, 6.45) is 1.13. The molecule has 0 fully saturated rings. The molecule has 6 nitrogen and oxygen atoms in total. The second-order valence-corrected chi connectivity index (χ2v) is 2.38. The highest BCUT2D eigenvalue weighted by Gasteiger charge is 2.19. The quantitative estimate of drug-likeness (QED) is 0.484. The fourth-order valence-corrected chi connectivity index (χ4v) is 0.771. The van der Waals surface area contributed by atoms with E-state index in [1.54, 1.807) is 0 Å². The van der Waals surface area contributed by atoms with Crippen LogP contribution in [0.1, 0.15) is 6.42 Å². The molecule has 0 radical (unpaired) electrons. The summed E-state index contributed by atoms with van der Waals surface area (Å²) in [5.41, 5.74) is 2.10. The van der Waals surface area contributed by atoms with Gasteiger partial charge in [0.05, 0.1) is 14.2 Å². The van der Waals surface area contributed by atoms with Crippen LogP contribution in [0.15, 0.2) is 12.7 Å². The first-order chi connectivity index (χ1) is 6.65. The summed E-state index contributed by atoms with van der Waals surface area (Å²) in [4.78, 5) is 26.5. The lowest BCUT2D eigenvalue weighted by Crippen LogP contribution is -2.46. The van der Waals surface area contributed by atoms with Gasteiger partial charge in [0.15, 0.2) is 0 Å². The fourth-order valence-electron chi connectivity index (χ4n) is 0.771. The summed E-state index contributed by atoms with van der Waals surface area (Å²) in [6.45, 7) is 3.46. The fraction of sp³-hybridized carbons (Fsp3) is 0.500. The Bertz CT molecular complexity index is 217. The minimum absolute atomic E-state index is 0.296. The van der Waals surface area contributed by atoms with Crippen LogP contribution >= 0.6 is 0 Å². The first-order valence-electron chi connectivity index (χ1n) is 3.94. The maximum absolute atomic E-state index is 11.2. The van der Waals surface area contributed by atoms with Gasteiger partial charge >= 0.3 is 6.09 Å². The Morgan fingerprint density at radius 3 is 2.57 bits per heavy atom. The van der Waals surface area contributed by atoms with E-state index < -0.39 is 18.0 Å². The van der Waals surface area contributed by atoms with E-state index in [-0.39, 0.29) is 0 Å². The van der Waals surface area contributed by atoms with Crippen LogP contribution in [0, 0.1) is 0 Å². The molecule has 0 saturated heterocycles. The summed E-state index contributed by atoms with van der Waals surface area (Å²) < 4.78 is 4.35.